The molecule has 6 nitrogen and oxygen atoms in total. The Hall–Kier alpha value is -1.70. The maximum absolute atomic E-state index is 12.5. The predicted octanol–water partition coefficient (Wildman–Crippen LogP) is 3.86. The van der Waals surface area contributed by atoms with E-state index in [-0.39, 0.29) is 11.5 Å². The first-order valence-corrected chi connectivity index (χ1v) is 11.1. The highest BCUT2D eigenvalue weighted by Crippen LogP contribution is 2.31. The van der Waals surface area contributed by atoms with E-state index >= 15 is 0 Å². The number of nitrogens with zero attached hydrogens (tertiary/aromatic N) is 3. The molecule has 1 aromatic heterocycles. The van der Waals surface area contributed by atoms with E-state index in [1.165, 1.54) is 5.56 Å². The van der Waals surface area contributed by atoms with Crippen LogP contribution in [0.25, 0.3) is 11.4 Å². The van der Waals surface area contributed by atoms with E-state index in [4.69, 9.17) is 9.72 Å². The summed E-state index contributed by atoms with van der Waals surface area (Å²) in [5.74, 6) is 1.46. The number of benzene rings is 1. The third-order valence-electron chi connectivity index (χ3n) is 5.20. The summed E-state index contributed by atoms with van der Waals surface area (Å²) in [7, 11) is 2.16. The summed E-state index contributed by atoms with van der Waals surface area (Å²) in [4.78, 5) is 25.0. The number of nitrogens with one attached hydrogen (secondary N) is 1. The average Bonchev–Trinajstić information content (AvgIpc) is 2.70. The minimum Gasteiger partial charge on any atom is -0.493 e. The molecular formula is C22H31BrN4O2. The first kappa shape index (κ1) is 22.0. The van der Waals surface area contributed by atoms with Gasteiger partial charge in [0.25, 0.3) is 5.56 Å². The molecule has 2 aromatic rings. The Bertz CT molecular complexity index is 889. The Kier molecular flexibility index (Phi) is 7.49. The van der Waals surface area contributed by atoms with Gasteiger partial charge in [-0.05, 0) is 53.0 Å². The second-order valence-corrected chi connectivity index (χ2v) is 8.82. The summed E-state index contributed by atoms with van der Waals surface area (Å²) in [5, 5.41) is 0. The number of halogens is 1. The number of aromatic nitrogens is 2. The quantitative estimate of drug-likeness (QED) is 0.676. The second kappa shape index (κ2) is 9.87. The van der Waals surface area contributed by atoms with Crippen molar-refractivity contribution in [2.24, 2.45) is 0 Å². The van der Waals surface area contributed by atoms with Crippen molar-refractivity contribution in [2.45, 2.75) is 39.7 Å². The van der Waals surface area contributed by atoms with Gasteiger partial charge in [-0.2, -0.15) is 0 Å². The van der Waals surface area contributed by atoms with Gasteiger partial charge in [0, 0.05) is 32.7 Å². The van der Waals surface area contributed by atoms with E-state index in [2.05, 4.69) is 56.8 Å². The minimum absolute atomic E-state index is 0.138. The van der Waals surface area contributed by atoms with Crippen LogP contribution in [0.3, 0.4) is 0 Å². The van der Waals surface area contributed by atoms with Crippen molar-refractivity contribution in [3.05, 3.63) is 44.3 Å². The molecule has 29 heavy (non-hydrogen) atoms. The predicted molar refractivity (Wildman–Crippen MR) is 121 cm³/mol. The molecule has 7 heteroatoms. The number of aromatic amines is 1. The summed E-state index contributed by atoms with van der Waals surface area (Å²) in [5.41, 5.74) is 2.64. The molecule has 0 atom stereocenters. The van der Waals surface area contributed by atoms with Crippen LogP contribution in [0.1, 0.15) is 44.4 Å². The number of hydrogen-bond donors (Lipinski definition) is 1. The summed E-state index contributed by atoms with van der Waals surface area (Å²) in [6.45, 7) is 12.0. The summed E-state index contributed by atoms with van der Waals surface area (Å²) < 4.78 is 6.48. The third-order valence-corrected chi connectivity index (χ3v) is 5.96. The van der Waals surface area contributed by atoms with Crippen molar-refractivity contribution in [2.75, 3.05) is 39.8 Å². The average molecular weight is 463 g/mol. The molecule has 1 aromatic carbocycles. The van der Waals surface area contributed by atoms with Gasteiger partial charge in [0.1, 0.15) is 16.0 Å². The largest absolute Gasteiger partial charge is 0.493 e. The summed E-state index contributed by atoms with van der Waals surface area (Å²) in [6, 6.07) is 6.24. The lowest BCUT2D eigenvalue weighted by molar-refractivity contribution is 0.148. The highest BCUT2D eigenvalue weighted by molar-refractivity contribution is 9.10. The molecule has 1 saturated heterocycles. The van der Waals surface area contributed by atoms with Crippen LogP contribution in [0, 0.1) is 0 Å². The van der Waals surface area contributed by atoms with E-state index in [1.807, 2.05) is 19.9 Å². The van der Waals surface area contributed by atoms with E-state index < -0.39 is 0 Å². The van der Waals surface area contributed by atoms with Gasteiger partial charge in [-0.1, -0.05) is 26.8 Å². The van der Waals surface area contributed by atoms with E-state index in [0.29, 0.717) is 16.9 Å². The zero-order chi connectivity index (χ0) is 21.0. The number of H-pyrrole nitrogens is 1. The van der Waals surface area contributed by atoms with Gasteiger partial charge in [-0.25, -0.2) is 4.98 Å². The second-order valence-electron chi connectivity index (χ2n) is 8.03. The molecule has 0 amide bonds. The zero-order valence-corrected chi connectivity index (χ0v) is 19.4. The standard InChI is InChI=1S/C22H31BrN4O2/c1-5-12-29-18-7-6-16(14-27-10-8-26(4)9-11-27)13-17(18)21-24-20(15(2)3)19(23)22(28)25-21/h6-7,13,15H,5,8-12,14H2,1-4H3,(H,24,25,28). The molecule has 2 heterocycles. The molecule has 158 valence electrons. The Morgan fingerprint density at radius 3 is 2.62 bits per heavy atom. The Morgan fingerprint density at radius 2 is 1.97 bits per heavy atom. The molecule has 1 aliphatic heterocycles. The molecule has 1 aliphatic rings. The molecule has 0 radical (unpaired) electrons. The van der Waals surface area contributed by atoms with E-state index in [9.17, 15) is 4.79 Å². The van der Waals surface area contributed by atoms with Gasteiger partial charge in [0.15, 0.2) is 0 Å². The van der Waals surface area contributed by atoms with Crippen LogP contribution < -0.4 is 10.3 Å². The molecule has 0 unspecified atom stereocenters. The normalized spacial score (nSPS) is 15.8. The monoisotopic (exact) mass is 462 g/mol. The van der Waals surface area contributed by atoms with E-state index in [0.717, 1.165) is 56.2 Å². The number of likely N-dealkylation sites (N-methyl/N-ethyl adjacent to an activating group) is 1. The van der Waals surface area contributed by atoms with Crippen molar-refractivity contribution in [1.29, 1.82) is 0 Å². The molecule has 0 saturated carbocycles. The molecular weight excluding hydrogens is 432 g/mol. The molecule has 0 aliphatic carbocycles. The Labute approximate surface area is 181 Å². The van der Waals surface area contributed by atoms with Crippen molar-refractivity contribution < 1.29 is 4.74 Å². The molecule has 0 bridgehead atoms. The first-order chi connectivity index (χ1) is 13.9. The number of rotatable bonds is 7. The van der Waals surface area contributed by atoms with Crippen LogP contribution in [0.4, 0.5) is 0 Å². The lowest BCUT2D eigenvalue weighted by atomic mass is 10.1. The fourth-order valence-corrected chi connectivity index (χ4v) is 4.09. The maximum Gasteiger partial charge on any atom is 0.265 e. The van der Waals surface area contributed by atoms with Gasteiger partial charge in [0.05, 0.1) is 17.9 Å². The van der Waals surface area contributed by atoms with E-state index in [1.54, 1.807) is 0 Å². The van der Waals surface area contributed by atoms with Crippen LogP contribution in [0.5, 0.6) is 5.75 Å². The van der Waals surface area contributed by atoms with Crippen LogP contribution in [0.15, 0.2) is 27.5 Å². The Balaban J connectivity index is 1.97. The summed E-state index contributed by atoms with van der Waals surface area (Å²) in [6.07, 6.45) is 0.921. The van der Waals surface area contributed by atoms with Gasteiger partial charge in [-0.15, -0.1) is 0 Å². The van der Waals surface area contributed by atoms with Gasteiger partial charge >= 0.3 is 0 Å². The minimum atomic E-state index is -0.162. The Morgan fingerprint density at radius 1 is 1.24 bits per heavy atom. The molecule has 3 rings (SSSR count). The lowest BCUT2D eigenvalue weighted by Gasteiger charge is -2.32. The van der Waals surface area contributed by atoms with Crippen molar-refractivity contribution in [3.63, 3.8) is 0 Å². The fraction of sp³-hybridized carbons (Fsp3) is 0.545. The highest BCUT2D eigenvalue weighted by atomic mass is 79.9. The van der Waals surface area contributed by atoms with Crippen LogP contribution in [-0.4, -0.2) is 59.6 Å². The highest BCUT2D eigenvalue weighted by Gasteiger charge is 2.18. The van der Waals surface area contributed by atoms with Crippen LogP contribution in [0.2, 0.25) is 0 Å². The number of hydrogen-bond acceptors (Lipinski definition) is 5. The maximum atomic E-state index is 12.5. The zero-order valence-electron chi connectivity index (χ0n) is 17.8. The van der Waals surface area contributed by atoms with Gasteiger partial charge in [-0.3, -0.25) is 9.69 Å². The van der Waals surface area contributed by atoms with Crippen molar-refractivity contribution in [1.82, 2.24) is 19.8 Å². The lowest BCUT2D eigenvalue weighted by Crippen LogP contribution is -2.43. The fourth-order valence-electron chi connectivity index (χ4n) is 3.45. The van der Waals surface area contributed by atoms with Gasteiger partial charge in [0.2, 0.25) is 0 Å². The molecule has 1 N–H and O–H groups in total. The topological polar surface area (TPSA) is 61.5 Å². The SMILES string of the molecule is CCCOc1ccc(CN2CCN(C)CC2)cc1-c1nc(C(C)C)c(Br)c(=O)[nH]1. The van der Waals surface area contributed by atoms with Crippen LogP contribution >= 0.6 is 15.9 Å². The van der Waals surface area contributed by atoms with Crippen LogP contribution in [-0.2, 0) is 6.54 Å². The van der Waals surface area contributed by atoms with Crippen molar-refractivity contribution in [3.8, 4) is 17.1 Å². The molecule has 0 spiro atoms. The first-order valence-electron chi connectivity index (χ1n) is 10.4. The van der Waals surface area contributed by atoms with Gasteiger partial charge < -0.3 is 14.6 Å². The van der Waals surface area contributed by atoms with Crippen molar-refractivity contribution >= 4 is 15.9 Å². The number of ether oxygens (including phenoxy) is 1. The molecule has 1 fully saturated rings. The third kappa shape index (κ3) is 5.47. The smallest absolute Gasteiger partial charge is 0.265 e. The number of piperazine rings is 1. The summed E-state index contributed by atoms with van der Waals surface area (Å²) >= 11 is 3.38.